The van der Waals surface area contributed by atoms with Gasteiger partial charge in [-0.15, -0.1) is 0 Å². The Hall–Kier alpha value is -3.15. The Labute approximate surface area is 187 Å². The minimum absolute atomic E-state index is 0.405. The third kappa shape index (κ3) is 2.89. The summed E-state index contributed by atoms with van der Waals surface area (Å²) in [5.41, 5.74) is 3.97. The van der Waals surface area contributed by atoms with Gasteiger partial charge in [-0.1, -0.05) is 36.4 Å². The largest absolute Gasteiger partial charge is 0.494 e. The Morgan fingerprint density at radius 3 is 2.09 bits per heavy atom. The fourth-order valence-electron chi connectivity index (χ4n) is 4.45. The Kier molecular flexibility index (Phi) is 4.08. The van der Waals surface area contributed by atoms with E-state index in [2.05, 4.69) is 81.2 Å². The molecule has 0 unspecified atom stereocenters. The summed E-state index contributed by atoms with van der Waals surface area (Å²) in [5.74, 6) is 0. The molecule has 0 spiro atoms. The van der Waals surface area contributed by atoms with E-state index in [9.17, 15) is 0 Å². The highest BCUT2D eigenvalue weighted by Crippen LogP contribution is 2.40. The maximum absolute atomic E-state index is 6.44. The number of nitrogens with zero attached hydrogens (tertiary/aromatic N) is 1. The average molecular weight is 421 g/mol. The van der Waals surface area contributed by atoms with Gasteiger partial charge in [-0.05, 0) is 73.8 Å². The Morgan fingerprint density at radius 2 is 1.41 bits per heavy atom. The smallest absolute Gasteiger partial charge is 0.455 e. The quantitative estimate of drug-likeness (QED) is 0.323. The van der Waals surface area contributed by atoms with Crippen molar-refractivity contribution in [3.05, 3.63) is 73.1 Å². The first kappa shape index (κ1) is 19.5. The highest BCUT2D eigenvalue weighted by atomic mass is 16.7. The summed E-state index contributed by atoms with van der Waals surface area (Å²) in [6.07, 6.45) is 3.61. The number of benzene rings is 3. The summed E-state index contributed by atoms with van der Waals surface area (Å²) in [7, 11) is -0.449. The highest BCUT2D eigenvalue weighted by Gasteiger charge is 2.51. The zero-order valence-corrected chi connectivity index (χ0v) is 18.7. The van der Waals surface area contributed by atoms with Crippen molar-refractivity contribution in [1.29, 1.82) is 0 Å². The molecule has 0 atom stereocenters. The van der Waals surface area contributed by atoms with E-state index in [1.807, 2.05) is 12.1 Å². The van der Waals surface area contributed by atoms with Crippen molar-refractivity contribution in [3.8, 4) is 11.1 Å². The fraction of sp³-hybridized carbons (Fsp3) is 0.222. The molecule has 1 fully saturated rings. The first-order valence-corrected chi connectivity index (χ1v) is 11.0. The first-order valence-electron chi connectivity index (χ1n) is 11.0. The number of furan rings is 1. The second-order valence-electron chi connectivity index (χ2n) is 9.57. The minimum atomic E-state index is -0.449. The lowest BCUT2D eigenvalue weighted by molar-refractivity contribution is 0.00578. The maximum Gasteiger partial charge on any atom is 0.494 e. The molecule has 5 heteroatoms. The van der Waals surface area contributed by atoms with Gasteiger partial charge in [0.15, 0.2) is 0 Å². The molecular weight excluding hydrogens is 397 g/mol. The summed E-state index contributed by atoms with van der Waals surface area (Å²) in [4.78, 5) is 4.19. The van der Waals surface area contributed by atoms with Crippen LogP contribution in [0, 0.1) is 0 Å². The SMILES string of the molecule is CC1(C)OB(c2cc(-c3ccncc3)c3oc4cc5ccccc5cc4c3c2)OC1(C)C. The van der Waals surface area contributed by atoms with Crippen LogP contribution in [0.2, 0.25) is 0 Å². The van der Waals surface area contributed by atoms with Gasteiger partial charge in [0.2, 0.25) is 0 Å². The third-order valence-electron chi connectivity index (χ3n) is 6.98. The van der Waals surface area contributed by atoms with Gasteiger partial charge in [0.25, 0.3) is 0 Å². The van der Waals surface area contributed by atoms with Gasteiger partial charge in [0.1, 0.15) is 11.2 Å². The normalized spacial score (nSPS) is 17.6. The Morgan fingerprint density at radius 1 is 0.750 bits per heavy atom. The average Bonchev–Trinajstić information content (AvgIpc) is 3.24. The zero-order valence-electron chi connectivity index (χ0n) is 18.7. The van der Waals surface area contributed by atoms with E-state index in [0.29, 0.717) is 0 Å². The number of fused-ring (bicyclic) bond motifs is 4. The van der Waals surface area contributed by atoms with Gasteiger partial charge in [-0.3, -0.25) is 4.98 Å². The van der Waals surface area contributed by atoms with Crippen molar-refractivity contribution < 1.29 is 13.7 Å². The lowest BCUT2D eigenvalue weighted by atomic mass is 9.77. The van der Waals surface area contributed by atoms with Crippen molar-refractivity contribution in [2.45, 2.75) is 38.9 Å². The fourth-order valence-corrected chi connectivity index (χ4v) is 4.45. The van der Waals surface area contributed by atoms with Crippen LogP contribution in [0.15, 0.2) is 77.5 Å². The lowest BCUT2D eigenvalue weighted by Gasteiger charge is -2.32. The first-order chi connectivity index (χ1) is 15.3. The van der Waals surface area contributed by atoms with Crippen LogP contribution in [0.3, 0.4) is 0 Å². The van der Waals surface area contributed by atoms with Crippen LogP contribution in [-0.4, -0.2) is 23.3 Å². The van der Waals surface area contributed by atoms with E-state index in [1.165, 1.54) is 5.39 Å². The molecule has 0 saturated carbocycles. The van der Waals surface area contributed by atoms with Crippen LogP contribution >= 0.6 is 0 Å². The molecule has 1 aliphatic heterocycles. The van der Waals surface area contributed by atoms with E-state index in [-0.39, 0.29) is 0 Å². The maximum atomic E-state index is 6.44. The number of hydrogen-bond acceptors (Lipinski definition) is 4. The summed E-state index contributed by atoms with van der Waals surface area (Å²) in [6, 6.07) is 21.0. The lowest BCUT2D eigenvalue weighted by Crippen LogP contribution is -2.41. The Bertz CT molecular complexity index is 1470. The van der Waals surface area contributed by atoms with Gasteiger partial charge in [0, 0.05) is 28.7 Å². The van der Waals surface area contributed by atoms with Crippen molar-refractivity contribution in [1.82, 2.24) is 4.98 Å². The van der Waals surface area contributed by atoms with Crippen LogP contribution in [0.4, 0.5) is 0 Å². The van der Waals surface area contributed by atoms with Crippen LogP contribution in [0.5, 0.6) is 0 Å². The number of aromatic nitrogens is 1. The van der Waals surface area contributed by atoms with E-state index in [1.54, 1.807) is 12.4 Å². The molecule has 5 aromatic rings. The molecule has 0 amide bonds. The van der Waals surface area contributed by atoms with Gasteiger partial charge in [-0.25, -0.2) is 0 Å². The summed E-state index contributed by atoms with van der Waals surface area (Å²) in [5, 5.41) is 4.50. The molecule has 3 aromatic carbocycles. The predicted molar refractivity (Wildman–Crippen MR) is 130 cm³/mol. The Balaban J connectivity index is 1.64. The van der Waals surface area contributed by atoms with Crippen LogP contribution in [0.25, 0.3) is 43.8 Å². The van der Waals surface area contributed by atoms with Gasteiger partial charge in [0.05, 0.1) is 11.2 Å². The zero-order chi connectivity index (χ0) is 22.1. The van der Waals surface area contributed by atoms with E-state index >= 15 is 0 Å². The molecule has 4 nitrogen and oxygen atoms in total. The molecule has 0 N–H and O–H groups in total. The summed E-state index contributed by atoms with van der Waals surface area (Å²) < 4.78 is 19.2. The molecule has 0 bridgehead atoms. The van der Waals surface area contributed by atoms with Crippen LogP contribution in [0.1, 0.15) is 27.7 Å². The molecule has 6 rings (SSSR count). The predicted octanol–water partition coefficient (Wildman–Crippen LogP) is 6.10. The second-order valence-corrected chi connectivity index (χ2v) is 9.57. The highest BCUT2D eigenvalue weighted by molar-refractivity contribution is 6.62. The van der Waals surface area contributed by atoms with Crippen molar-refractivity contribution in [2.75, 3.05) is 0 Å². The standard InChI is InChI=1S/C27H24BNO3/c1-26(2)27(3,4)32-28(31-26)20-15-21(17-9-11-29-12-10-17)25-23(16-20)22-13-18-7-5-6-8-19(18)14-24(22)30-25/h5-16H,1-4H3. The molecule has 32 heavy (non-hydrogen) atoms. The molecule has 2 aromatic heterocycles. The minimum Gasteiger partial charge on any atom is -0.455 e. The molecular formula is C27H24BNO3. The van der Waals surface area contributed by atoms with Crippen LogP contribution in [-0.2, 0) is 9.31 Å². The molecule has 158 valence electrons. The molecule has 0 aliphatic carbocycles. The van der Waals surface area contributed by atoms with Crippen molar-refractivity contribution in [2.24, 2.45) is 0 Å². The van der Waals surface area contributed by atoms with E-state index < -0.39 is 18.3 Å². The summed E-state index contributed by atoms with van der Waals surface area (Å²) >= 11 is 0. The third-order valence-corrected chi connectivity index (χ3v) is 6.98. The van der Waals surface area contributed by atoms with Crippen LogP contribution < -0.4 is 5.46 Å². The van der Waals surface area contributed by atoms with Crippen molar-refractivity contribution in [3.63, 3.8) is 0 Å². The molecule has 1 saturated heterocycles. The monoisotopic (exact) mass is 421 g/mol. The topological polar surface area (TPSA) is 44.5 Å². The molecule has 1 aliphatic rings. The van der Waals surface area contributed by atoms with E-state index in [4.69, 9.17) is 13.7 Å². The number of hydrogen-bond donors (Lipinski definition) is 0. The van der Waals surface area contributed by atoms with Gasteiger partial charge >= 0.3 is 7.12 Å². The van der Waals surface area contributed by atoms with Gasteiger partial charge in [-0.2, -0.15) is 0 Å². The van der Waals surface area contributed by atoms with E-state index in [0.717, 1.165) is 43.9 Å². The molecule has 0 radical (unpaired) electrons. The van der Waals surface area contributed by atoms with Crippen molar-refractivity contribution >= 4 is 45.3 Å². The summed E-state index contributed by atoms with van der Waals surface area (Å²) in [6.45, 7) is 8.31. The van der Waals surface area contributed by atoms with Gasteiger partial charge < -0.3 is 13.7 Å². The second kappa shape index (κ2) is 6.68. The number of pyridine rings is 1. The number of rotatable bonds is 2. The molecule has 3 heterocycles.